The Bertz CT molecular complexity index is 528. The number of urea groups is 1. The van der Waals surface area contributed by atoms with Crippen LogP contribution >= 0.6 is 0 Å². The molecule has 2 aromatic carbocycles. The summed E-state index contributed by atoms with van der Waals surface area (Å²) >= 11 is 0. The molecule has 0 bridgehead atoms. The SMILES string of the molecule is NCC(NC(=O)NCc1ccccc1)c1ccccc1. The zero-order chi connectivity index (χ0) is 14.2. The molecule has 2 aromatic rings. The molecule has 2 rings (SSSR count). The molecule has 0 aliphatic carbocycles. The van der Waals surface area contributed by atoms with E-state index in [-0.39, 0.29) is 12.1 Å². The number of rotatable bonds is 5. The van der Waals surface area contributed by atoms with E-state index in [0.717, 1.165) is 11.1 Å². The van der Waals surface area contributed by atoms with Crippen LogP contribution in [0.5, 0.6) is 0 Å². The van der Waals surface area contributed by atoms with E-state index in [1.165, 1.54) is 0 Å². The summed E-state index contributed by atoms with van der Waals surface area (Å²) in [5.74, 6) is 0. The highest BCUT2D eigenvalue weighted by molar-refractivity contribution is 5.74. The van der Waals surface area contributed by atoms with E-state index in [1.807, 2.05) is 60.7 Å². The smallest absolute Gasteiger partial charge is 0.315 e. The van der Waals surface area contributed by atoms with Crippen molar-refractivity contribution in [2.24, 2.45) is 5.73 Å². The summed E-state index contributed by atoms with van der Waals surface area (Å²) in [5.41, 5.74) is 7.78. The number of hydrogen-bond acceptors (Lipinski definition) is 2. The number of amides is 2. The fourth-order valence-electron chi connectivity index (χ4n) is 1.95. The van der Waals surface area contributed by atoms with Crippen LogP contribution in [-0.2, 0) is 6.54 Å². The zero-order valence-corrected chi connectivity index (χ0v) is 11.3. The van der Waals surface area contributed by atoms with Gasteiger partial charge in [0.2, 0.25) is 0 Å². The molecule has 0 saturated heterocycles. The quantitative estimate of drug-likeness (QED) is 0.779. The maximum absolute atomic E-state index is 11.9. The Kier molecular flexibility index (Phi) is 5.15. The van der Waals surface area contributed by atoms with Crippen molar-refractivity contribution in [3.63, 3.8) is 0 Å². The first-order valence-electron chi connectivity index (χ1n) is 6.63. The molecule has 20 heavy (non-hydrogen) atoms. The number of hydrogen-bond donors (Lipinski definition) is 3. The number of carbonyl (C=O) groups excluding carboxylic acids is 1. The number of nitrogens with one attached hydrogen (secondary N) is 2. The van der Waals surface area contributed by atoms with Crippen LogP contribution < -0.4 is 16.4 Å². The highest BCUT2D eigenvalue weighted by Gasteiger charge is 2.11. The standard InChI is InChI=1S/C16H19N3O/c17-11-15(14-9-5-2-6-10-14)19-16(20)18-12-13-7-3-1-4-8-13/h1-10,15H,11-12,17H2,(H2,18,19,20). The van der Waals surface area contributed by atoms with E-state index in [4.69, 9.17) is 5.73 Å². The van der Waals surface area contributed by atoms with Gasteiger partial charge in [0.1, 0.15) is 0 Å². The second kappa shape index (κ2) is 7.31. The maximum atomic E-state index is 11.9. The van der Waals surface area contributed by atoms with Gasteiger partial charge in [0.05, 0.1) is 6.04 Å². The Morgan fingerprint density at radius 2 is 1.60 bits per heavy atom. The number of benzene rings is 2. The van der Waals surface area contributed by atoms with Crippen molar-refractivity contribution in [2.75, 3.05) is 6.54 Å². The van der Waals surface area contributed by atoms with Crippen LogP contribution in [-0.4, -0.2) is 12.6 Å². The molecule has 0 fully saturated rings. The first-order valence-corrected chi connectivity index (χ1v) is 6.63. The summed E-state index contributed by atoms with van der Waals surface area (Å²) in [6.45, 7) is 0.863. The molecule has 104 valence electrons. The highest BCUT2D eigenvalue weighted by Crippen LogP contribution is 2.10. The summed E-state index contributed by atoms with van der Waals surface area (Å²) < 4.78 is 0. The van der Waals surface area contributed by atoms with Crippen LogP contribution in [0.15, 0.2) is 60.7 Å². The third-order valence-electron chi connectivity index (χ3n) is 3.04. The second-order valence-corrected chi connectivity index (χ2v) is 4.51. The van der Waals surface area contributed by atoms with E-state index in [1.54, 1.807) is 0 Å². The number of carbonyl (C=O) groups is 1. The van der Waals surface area contributed by atoms with Crippen molar-refractivity contribution in [1.82, 2.24) is 10.6 Å². The lowest BCUT2D eigenvalue weighted by Gasteiger charge is -2.17. The minimum atomic E-state index is -0.215. The van der Waals surface area contributed by atoms with E-state index in [0.29, 0.717) is 13.1 Å². The molecule has 1 unspecified atom stereocenters. The first kappa shape index (κ1) is 14.1. The predicted molar refractivity (Wildman–Crippen MR) is 80.1 cm³/mol. The van der Waals surface area contributed by atoms with Crippen LogP contribution in [0.3, 0.4) is 0 Å². The van der Waals surface area contributed by atoms with Gasteiger partial charge in [0.25, 0.3) is 0 Å². The molecule has 4 heteroatoms. The highest BCUT2D eigenvalue weighted by atomic mass is 16.2. The summed E-state index contributed by atoms with van der Waals surface area (Å²) in [4.78, 5) is 11.9. The Morgan fingerprint density at radius 1 is 1.00 bits per heavy atom. The van der Waals surface area contributed by atoms with Crippen molar-refractivity contribution >= 4 is 6.03 Å². The lowest BCUT2D eigenvalue weighted by atomic mass is 10.1. The summed E-state index contributed by atoms with van der Waals surface area (Å²) in [7, 11) is 0. The van der Waals surface area contributed by atoms with E-state index in [9.17, 15) is 4.79 Å². The first-order chi connectivity index (χ1) is 9.79. The van der Waals surface area contributed by atoms with Crippen molar-refractivity contribution in [1.29, 1.82) is 0 Å². The summed E-state index contributed by atoms with van der Waals surface area (Å²) in [6.07, 6.45) is 0. The van der Waals surface area contributed by atoms with Gasteiger partial charge in [-0.3, -0.25) is 0 Å². The molecule has 2 amide bonds. The van der Waals surface area contributed by atoms with Crippen LogP contribution in [0, 0.1) is 0 Å². The zero-order valence-electron chi connectivity index (χ0n) is 11.3. The van der Waals surface area contributed by atoms with Crippen LogP contribution in [0.4, 0.5) is 4.79 Å². The molecule has 0 spiro atoms. The van der Waals surface area contributed by atoms with E-state index < -0.39 is 0 Å². The van der Waals surface area contributed by atoms with Crippen LogP contribution in [0.25, 0.3) is 0 Å². The fraction of sp³-hybridized carbons (Fsp3) is 0.188. The Morgan fingerprint density at radius 3 is 2.20 bits per heavy atom. The van der Waals surface area contributed by atoms with Crippen molar-refractivity contribution in [3.8, 4) is 0 Å². The molecule has 1 atom stereocenters. The van der Waals surface area contributed by atoms with E-state index >= 15 is 0 Å². The molecule has 0 saturated carbocycles. The van der Waals surface area contributed by atoms with Crippen molar-refractivity contribution < 1.29 is 4.79 Å². The van der Waals surface area contributed by atoms with E-state index in [2.05, 4.69) is 10.6 Å². The predicted octanol–water partition coefficient (Wildman–Crippen LogP) is 2.19. The monoisotopic (exact) mass is 269 g/mol. The number of nitrogens with two attached hydrogens (primary N) is 1. The largest absolute Gasteiger partial charge is 0.334 e. The fourth-order valence-corrected chi connectivity index (χ4v) is 1.95. The minimum absolute atomic E-state index is 0.174. The van der Waals surface area contributed by atoms with Crippen molar-refractivity contribution in [2.45, 2.75) is 12.6 Å². The lowest BCUT2D eigenvalue weighted by molar-refractivity contribution is 0.237. The van der Waals surface area contributed by atoms with Crippen molar-refractivity contribution in [3.05, 3.63) is 71.8 Å². The second-order valence-electron chi connectivity index (χ2n) is 4.51. The normalized spacial score (nSPS) is 11.7. The third-order valence-corrected chi connectivity index (χ3v) is 3.04. The van der Waals surface area contributed by atoms with Gasteiger partial charge < -0.3 is 16.4 Å². The molecule has 0 aliphatic heterocycles. The summed E-state index contributed by atoms with van der Waals surface area (Å²) in [6, 6.07) is 19.1. The molecule has 4 nitrogen and oxygen atoms in total. The molecule has 0 radical (unpaired) electrons. The Balaban J connectivity index is 1.87. The molecule has 0 aromatic heterocycles. The molecule has 0 aliphatic rings. The summed E-state index contributed by atoms with van der Waals surface area (Å²) in [5, 5.41) is 5.71. The average Bonchev–Trinajstić information content (AvgIpc) is 2.52. The van der Waals surface area contributed by atoms with Crippen LogP contribution in [0.1, 0.15) is 17.2 Å². The van der Waals surface area contributed by atoms with Gasteiger partial charge >= 0.3 is 6.03 Å². The van der Waals surface area contributed by atoms with Gasteiger partial charge in [0, 0.05) is 13.1 Å². The van der Waals surface area contributed by atoms with Gasteiger partial charge in [-0.1, -0.05) is 60.7 Å². The lowest BCUT2D eigenvalue weighted by Crippen LogP contribution is -2.40. The molecule has 4 N–H and O–H groups in total. The van der Waals surface area contributed by atoms with Gasteiger partial charge in [-0.15, -0.1) is 0 Å². The topological polar surface area (TPSA) is 67.1 Å². The van der Waals surface area contributed by atoms with Gasteiger partial charge in [-0.05, 0) is 11.1 Å². The van der Waals surface area contributed by atoms with Gasteiger partial charge in [-0.25, -0.2) is 4.79 Å². The minimum Gasteiger partial charge on any atom is -0.334 e. The molecular weight excluding hydrogens is 250 g/mol. The molecular formula is C16H19N3O. The maximum Gasteiger partial charge on any atom is 0.315 e. The Labute approximate surface area is 119 Å². The van der Waals surface area contributed by atoms with Gasteiger partial charge in [-0.2, -0.15) is 0 Å². The third kappa shape index (κ3) is 4.10. The average molecular weight is 269 g/mol. The Hall–Kier alpha value is -2.33. The van der Waals surface area contributed by atoms with Gasteiger partial charge in [0.15, 0.2) is 0 Å². The van der Waals surface area contributed by atoms with Crippen LogP contribution in [0.2, 0.25) is 0 Å². The molecule has 0 heterocycles.